The topological polar surface area (TPSA) is 55.4 Å². The van der Waals surface area contributed by atoms with E-state index in [1.54, 1.807) is 0 Å². The molecule has 1 aromatic rings. The lowest BCUT2D eigenvalue weighted by Crippen LogP contribution is -2.34. The van der Waals surface area contributed by atoms with Gasteiger partial charge >= 0.3 is 5.97 Å². The van der Waals surface area contributed by atoms with Gasteiger partial charge in [-0.15, -0.1) is 0 Å². The molecule has 1 rings (SSSR count). The van der Waals surface area contributed by atoms with Gasteiger partial charge in [0.05, 0.1) is 13.5 Å². The van der Waals surface area contributed by atoms with Crippen LogP contribution in [0.5, 0.6) is 0 Å². The first-order valence-electron chi connectivity index (χ1n) is 6.12. The molecular formula is C14H18BrNO3. The molecule has 1 N–H and O–H groups in total. The summed E-state index contributed by atoms with van der Waals surface area (Å²) >= 11 is 3.48. The van der Waals surface area contributed by atoms with Crippen molar-refractivity contribution < 1.29 is 14.3 Å². The quantitative estimate of drug-likeness (QED) is 0.816. The summed E-state index contributed by atoms with van der Waals surface area (Å²) in [6.45, 7) is 1.94. The highest BCUT2D eigenvalue weighted by molar-refractivity contribution is 9.10. The Morgan fingerprint density at radius 3 is 2.63 bits per heavy atom. The van der Waals surface area contributed by atoms with E-state index < -0.39 is 0 Å². The average Bonchev–Trinajstić information content (AvgIpc) is 2.38. The van der Waals surface area contributed by atoms with Crippen LogP contribution < -0.4 is 5.32 Å². The van der Waals surface area contributed by atoms with Gasteiger partial charge in [0.1, 0.15) is 0 Å². The third kappa shape index (κ3) is 5.87. The van der Waals surface area contributed by atoms with Crippen LogP contribution in [0.25, 0.3) is 0 Å². The van der Waals surface area contributed by atoms with Gasteiger partial charge in [0.15, 0.2) is 0 Å². The van der Waals surface area contributed by atoms with Gasteiger partial charge in [-0.25, -0.2) is 0 Å². The molecule has 0 aliphatic carbocycles. The molecule has 0 bridgehead atoms. The number of methoxy groups -OCH3 is 1. The number of carbonyl (C=O) groups is 2. The number of nitrogens with one attached hydrogen (secondary N) is 1. The van der Waals surface area contributed by atoms with E-state index in [2.05, 4.69) is 26.0 Å². The minimum atomic E-state index is -0.367. The number of carbonyl (C=O) groups excluding carboxylic acids is 2. The van der Waals surface area contributed by atoms with Gasteiger partial charge in [-0.2, -0.15) is 0 Å². The van der Waals surface area contributed by atoms with E-state index in [1.807, 2.05) is 31.2 Å². The van der Waals surface area contributed by atoms with Crippen LogP contribution >= 0.6 is 15.9 Å². The molecule has 1 atom stereocenters. The molecule has 1 amide bonds. The fourth-order valence-corrected chi connectivity index (χ4v) is 2.16. The zero-order valence-corrected chi connectivity index (χ0v) is 12.7. The van der Waals surface area contributed by atoms with Crippen molar-refractivity contribution in [3.63, 3.8) is 0 Å². The van der Waals surface area contributed by atoms with Crippen molar-refractivity contribution in [2.45, 2.75) is 32.2 Å². The zero-order valence-electron chi connectivity index (χ0n) is 11.1. The lowest BCUT2D eigenvalue weighted by atomic mass is 10.1. The molecule has 4 nitrogen and oxygen atoms in total. The molecule has 5 heteroatoms. The minimum Gasteiger partial charge on any atom is -0.469 e. The Balaban J connectivity index is 2.39. The van der Waals surface area contributed by atoms with Crippen molar-refractivity contribution in [2.75, 3.05) is 7.11 Å². The van der Waals surface area contributed by atoms with Crippen LogP contribution in [0.1, 0.15) is 25.3 Å². The van der Waals surface area contributed by atoms with E-state index in [9.17, 15) is 9.59 Å². The van der Waals surface area contributed by atoms with Gasteiger partial charge in [-0.1, -0.05) is 34.1 Å². The van der Waals surface area contributed by atoms with Crippen LogP contribution in [0, 0.1) is 0 Å². The van der Waals surface area contributed by atoms with Gasteiger partial charge in [0.2, 0.25) is 5.91 Å². The van der Waals surface area contributed by atoms with Crippen molar-refractivity contribution in [2.24, 2.45) is 0 Å². The number of benzene rings is 1. The fourth-order valence-electron chi connectivity index (χ4n) is 1.71. The zero-order chi connectivity index (χ0) is 14.3. The standard InChI is InChI=1S/C14H18BrNO3/c1-10(9-11-5-3-4-6-12(11)15)16-13(17)7-8-14(18)19-2/h3-6,10H,7-9H2,1-2H3,(H,16,17)/t10-/m1/s1. The summed E-state index contributed by atoms with van der Waals surface area (Å²) in [5.41, 5.74) is 1.14. The normalized spacial score (nSPS) is 11.7. The Morgan fingerprint density at radius 2 is 2.00 bits per heavy atom. The fraction of sp³-hybridized carbons (Fsp3) is 0.429. The summed E-state index contributed by atoms with van der Waals surface area (Å²) in [5.74, 6) is -0.501. The molecule has 0 aliphatic heterocycles. The van der Waals surface area contributed by atoms with E-state index in [4.69, 9.17) is 0 Å². The molecular weight excluding hydrogens is 310 g/mol. The van der Waals surface area contributed by atoms with E-state index >= 15 is 0 Å². The second-order valence-corrected chi connectivity index (χ2v) is 5.19. The van der Waals surface area contributed by atoms with Crippen molar-refractivity contribution in [1.29, 1.82) is 0 Å². The molecule has 1 aromatic carbocycles. The Hall–Kier alpha value is -1.36. The number of ether oxygens (including phenoxy) is 1. The third-order valence-corrected chi connectivity index (χ3v) is 3.45. The summed E-state index contributed by atoms with van der Waals surface area (Å²) in [6, 6.07) is 7.92. The monoisotopic (exact) mass is 327 g/mol. The molecule has 0 radical (unpaired) electrons. The molecule has 0 saturated carbocycles. The Morgan fingerprint density at radius 1 is 1.32 bits per heavy atom. The van der Waals surface area contributed by atoms with Crippen LogP contribution in [0.3, 0.4) is 0 Å². The predicted octanol–water partition coefficient (Wildman–Crippen LogP) is 2.45. The second kappa shape index (κ2) is 7.94. The van der Waals surface area contributed by atoms with E-state index in [0.717, 1.165) is 16.5 Å². The molecule has 0 spiro atoms. The third-order valence-electron chi connectivity index (χ3n) is 2.68. The summed E-state index contributed by atoms with van der Waals surface area (Å²) < 4.78 is 5.52. The maximum Gasteiger partial charge on any atom is 0.306 e. The highest BCUT2D eigenvalue weighted by Crippen LogP contribution is 2.17. The summed E-state index contributed by atoms with van der Waals surface area (Å²) in [7, 11) is 1.32. The summed E-state index contributed by atoms with van der Waals surface area (Å²) in [6.07, 6.45) is 1.02. The van der Waals surface area contributed by atoms with Crippen LogP contribution in [-0.2, 0) is 20.7 Å². The number of amides is 1. The Kier molecular flexibility index (Phi) is 6.56. The second-order valence-electron chi connectivity index (χ2n) is 4.34. The van der Waals surface area contributed by atoms with E-state index in [1.165, 1.54) is 7.11 Å². The van der Waals surface area contributed by atoms with Crippen molar-refractivity contribution in [3.8, 4) is 0 Å². The van der Waals surface area contributed by atoms with Crippen LogP contribution in [0.4, 0.5) is 0 Å². The first kappa shape index (κ1) is 15.7. The van der Waals surface area contributed by atoms with Crippen LogP contribution in [0.15, 0.2) is 28.7 Å². The van der Waals surface area contributed by atoms with Crippen molar-refractivity contribution in [1.82, 2.24) is 5.32 Å². The molecule has 0 saturated heterocycles. The highest BCUT2D eigenvalue weighted by Gasteiger charge is 2.11. The van der Waals surface area contributed by atoms with Gasteiger partial charge in [-0.3, -0.25) is 9.59 Å². The number of rotatable bonds is 6. The summed E-state index contributed by atoms with van der Waals surface area (Å²) in [4.78, 5) is 22.5. The first-order valence-corrected chi connectivity index (χ1v) is 6.91. The predicted molar refractivity (Wildman–Crippen MR) is 76.7 cm³/mol. The molecule has 0 heterocycles. The highest BCUT2D eigenvalue weighted by atomic mass is 79.9. The summed E-state index contributed by atoms with van der Waals surface area (Å²) in [5, 5.41) is 2.87. The number of hydrogen-bond donors (Lipinski definition) is 1. The van der Waals surface area contributed by atoms with Gasteiger partial charge < -0.3 is 10.1 Å². The van der Waals surface area contributed by atoms with E-state index in [0.29, 0.717) is 0 Å². The smallest absolute Gasteiger partial charge is 0.306 e. The molecule has 0 fully saturated rings. The molecule has 104 valence electrons. The largest absolute Gasteiger partial charge is 0.469 e. The number of halogens is 1. The number of hydrogen-bond acceptors (Lipinski definition) is 3. The lowest BCUT2D eigenvalue weighted by Gasteiger charge is -2.14. The van der Waals surface area contributed by atoms with Crippen molar-refractivity contribution in [3.05, 3.63) is 34.3 Å². The molecule has 0 unspecified atom stereocenters. The van der Waals surface area contributed by atoms with Gasteiger partial charge in [-0.05, 0) is 25.0 Å². The molecule has 0 aliphatic rings. The van der Waals surface area contributed by atoms with Gasteiger partial charge in [0, 0.05) is 16.9 Å². The van der Waals surface area contributed by atoms with Crippen molar-refractivity contribution >= 4 is 27.8 Å². The SMILES string of the molecule is COC(=O)CCC(=O)N[C@H](C)Cc1ccccc1Br. The Labute approximate surface area is 121 Å². The van der Waals surface area contributed by atoms with Crippen LogP contribution in [-0.4, -0.2) is 25.0 Å². The minimum absolute atomic E-state index is 0.0175. The van der Waals surface area contributed by atoms with Gasteiger partial charge in [0.25, 0.3) is 0 Å². The molecule has 19 heavy (non-hydrogen) atoms. The average molecular weight is 328 g/mol. The maximum absolute atomic E-state index is 11.6. The first-order chi connectivity index (χ1) is 9.02. The van der Waals surface area contributed by atoms with E-state index in [-0.39, 0.29) is 30.8 Å². The van der Waals surface area contributed by atoms with Crippen LogP contribution in [0.2, 0.25) is 0 Å². The Bertz CT molecular complexity index is 448. The maximum atomic E-state index is 11.6. The molecule has 0 aromatic heterocycles. The lowest BCUT2D eigenvalue weighted by molar-refractivity contribution is -0.142. The number of esters is 1.